The minimum atomic E-state index is -0.0679. The molecular formula is C14H17N3O2. The molecule has 1 atom stereocenters. The first-order valence-corrected chi connectivity index (χ1v) is 6.19. The van der Waals surface area contributed by atoms with Crippen LogP contribution in [0.15, 0.2) is 29.0 Å². The maximum Gasteiger partial charge on any atom is 0.225 e. The zero-order valence-corrected chi connectivity index (χ0v) is 11.3. The molecule has 0 saturated carbocycles. The van der Waals surface area contributed by atoms with Gasteiger partial charge >= 0.3 is 0 Å². The van der Waals surface area contributed by atoms with Crippen molar-refractivity contribution in [3.8, 4) is 0 Å². The van der Waals surface area contributed by atoms with Crippen LogP contribution in [0.4, 0.5) is 0 Å². The van der Waals surface area contributed by atoms with Crippen LogP contribution in [0.5, 0.6) is 0 Å². The molecule has 100 valence electrons. The predicted molar refractivity (Wildman–Crippen MR) is 70.5 cm³/mol. The van der Waals surface area contributed by atoms with Crippen LogP contribution in [-0.2, 0) is 11.2 Å². The van der Waals surface area contributed by atoms with Crippen molar-refractivity contribution in [2.45, 2.75) is 33.2 Å². The molecule has 0 saturated heterocycles. The van der Waals surface area contributed by atoms with Crippen LogP contribution in [0.3, 0.4) is 0 Å². The number of nitrogens with one attached hydrogen (secondary N) is 1. The van der Waals surface area contributed by atoms with E-state index in [1.165, 1.54) is 0 Å². The summed E-state index contributed by atoms with van der Waals surface area (Å²) in [4.78, 5) is 16.0. The topological polar surface area (TPSA) is 68.0 Å². The Kier molecular flexibility index (Phi) is 3.94. The first-order chi connectivity index (χ1) is 9.08. The molecule has 0 aliphatic heterocycles. The Labute approximate surface area is 112 Å². The van der Waals surface area contributed by atoms with Crippen molar-refractivity contribution in [2.75, 3.05) is 0 Å². The number of nitrogens with zero attached hydrogens (tertiary/aromatic N) is 2. The fourth-order valence-electron chi connectivity index (χ4n) is 1.92. The summed E-state index contributed by atoms with van der Waals surface area (Å²) in [5.74, 6) is 0.646. The molecule has 0 unspecified atom stereocenters. The van der Waals surface area contributed by atoms with Crippen molar-refractivity contribution in [3.05, 3.63) is 47.1 Å². The van der Waals surface area contributed by atoms with E-state index in [1.807, 2.05) is 32.9 Å². The number of pyridine rings is 1. The van der Waals surface area contributed by atoms with Crippen molar-refractivity contribution in [2.24, 2.45) is 0 Å². The van der Waals surface area contributed by atoms with E-state index in [0.717, 1.165) is 16.8 Å². The lowest BCUT2D eigenvalue weighted by Crippen LogP contribution is -2.28. The van der Waals surface area contributed by atoms with Crippen LogP contribution in [-0.4, -0.2) is 16.0 Å². The minimum Gasteiger partial charge on any atom is -0.361 e. The summed E-state index contributed by atoms with van der Waals surface area (Å²) in [6, 6.07) is 3.72. The van der Waals surface area contributed by atoms with Gasteiger partial charge in [0.25, 0.3) is 0 Å². The van der Waals surface area contributed by atoms with Crippen LogP contribution in [0.2, 0.25) is 0 Å². The summed E-state index contributed by atoms with van der Waals surface area (Å²) >= 11 is 0. The van der Waals surface area contributed by atoms with E-state index < -0.39 is 0 Å². The molecule has 2 aromatic rings. The van der Waals surface area contributed by atoms with Gasteiger partial charge in [-0.25, -0.2) is 0 Å². The lowest BCUT2D eigenvalue weighted by molar-refractivity contribution is -0.121. The number of aryl methyl sites for hydroxylation is 2. The van der Waals surface area contributed by atoms with E-state index in [2.05, 4.69) is 15.5 Å². The predicted octanol–water partition coefficient (Wildman–Crippen LogP) is 2.11. The molecule has 0 aliphatic carbocycles. The second-order valence-electron chi connectivity index (χ2n) is 4.56. The van der Waals surface area contributed by atoms with Gasteiger partial charge in [0.2, 0.25) is 5.91 Å². The van der Waals surface area contributed by atoms with E-state index in [-0.39, 0.29) is 18.4 Å². The van der Waals surface area contributed by atoms with Gasteiger partial charge in [-0.1, -0.05) is 11.2 Å². The largest absolute Gasteiger partial charge is 0.361 e. The van der Waals surface area contributed by atoms with Crippen LogP contribution in [0.25, 0.3) is 0 Å². The lowest BCUT2D eigenvalue weighted by Gasteiger charge is -2.13. The van der Waals surface area contributed by atoms with Gasteiger partial charge in [0, 0.05) is 18.0 Å². The molecule has 0 fully saturated rings. The maximum absolute atomic E-state index is 12.0. The average molecular weight is 259 g/mol. The number of hydrogen-bond donors (Lipinski definition) is 1. The Balaban J connectivity index is 1.99. The average Bonchev–Trinajstić information content (AvgIpc) is 2.71. The number of rotatable bonds is 4. The van der Waals surface area contributed by atoms with Gasteiger partial charge in [0.15, 0.2) is 0 Å². The first kappa shape index (κ1) is 13.3. The summed E-state index contributed by atoms with van der Waals surface area (Å²) in [6.07, 6.45) is 3.74. The number of amides is 1. The molecule has 2 heterocycles. The Bertz CT molecular complexity index is 544. The number of hydrogen-bond acceptors (Lipinski definition) is 4. The first-order valence-electron chi connectivity index (χ1n) is 6.19. The van der Waals surface area contributed by atoms with Crippen molar-refractivity contribution in [3.63, 3.8) is 0 Å². The molecule has 5 heteroatoms. The second-order valence-corrected chi connectivity index (χ2v) is 4.56. The van der Waals surface area contributed by atoms with E-state index in [9.17, 15) is 4.79 Å². The zero-order valence-electron chi connectivity index (χ0n) is 11.3. The molecule has 0 aliphatic rings. The van der Waals surface area contributed by atoms with E-state index in [1.54, 1.807) is 12.4 Å². The van der Waals surface area contributed by atoms with Crippen LogP contribution < -0.4 is 5.32 Å². The minimum absolute atomic E-state index is 0.0502. The fraction of sp³-hybridized carbons (Fsp3) is 0.357. The van der Waals surface area contributed by atoms with Gasteiger partial charge < -0.3 is 9.84 Å². The monoisotopic (exact) mass is 259 g/mol. The SMILES string of the molecule is Cc1noc(C)c1CC(=O)N[C@H](C)c1cccnc1. The Morgan fingerprint density at radius 1 is 1.47 bits per heavy atom. The molecule has 0 radical (unpaired) electrons. The molecule has 0 spiro atoms. The zero-order chi connectivity index (χ0) is 13.8. The highest BCUT2D eigenvalue weighted by atomic mass is 16.5. The van der Waals surface area contributed by atoms with Crippen molar-refractivity contribution >= 4 is 5.91 Å². The van der Waals surface area contributed by atoms with Gasteiger partial charge in [0.05, 0.1) is 18.2 Å². The molecule has 0 aromatic carbocycles. The number of carbonyl (C=O) groups excluding carboxylic acids is 1. The Morgan fingerprint density at radius 2 is 2.26 bits per heavy atom. The number of carbonyl (C=O) groups is 1. The standard InChI is InChI=1S/C14H17N3O2/c1-9(12-5-4-6-15-8-12)16-14(18)7-13-10(2)17-19-11(13)3/h4-6,8-9H,7H2,1-3H3,(H,16,18)/t9-/m1/s1. The van der Waals surface area contributed by atoms with Gasteiger partial charge in [-0.15, -0.1) is 0 Å². The van der Waals surface area contributed by atoms with E-state index in [4.69, 9.17) is 4.52 Å². The quantitative estimate of drug-likeness (QED) is 0.913. The third kappa shape index (κ3) is 3.19. The Morgan fingerprint density at radius 3 is 2.84 bits per heavy atom. The molecule has 5 nitrogen and oxygen atoms in total. The normalized spacial score (nSPS) is 12.2. The van der Waals surface area contributed by atoms with Gasteiger partial charge in [-0.2, -0.15) is 0 Å². The van der Waals surface area contributed by atoms with E-state index in [0.29, 0.717) is 5.76 Å². The highest BCUT2D eigenvalue weighted by Gasteiger charge is 2.15. The van der Waals surface area contributed by atoms with Crippen LogP contribution in [0, 0.1) is 13.8 Å². The molecule has 19 heavy (non-hydrogen) atoms. The molecule has 2 rings (SSSR count). The summed E-state index contributed by atoms with van der Waals surface area (Å²) in [7, 11) is 0. The lowest BCUT2D eigenvalue weighted by atomic mass is 10.1. The van der Waals surface area contributed by atoms with Gasteiger partial charge in [0.1, 0.15) is 5.76 Å². The summed E-state index contributed by atoms with van der Waals surface area (Å²) < 4.78 is 5.05. The highest BCUT2D eigenvalue weighted by Crippen LogP contribution is 2.14. The molecule has 1 N–H and O–H groups in total. The van der Waals surface area contributed by atoms with Crippen LogP contribution in [0.1, 0.15) is 35.5 Å². The highest BCUT2D eigenvalue weighted by molar-refractivity contribution is 5.79. The molecule has 1 amide bonds. The smallest absolute Gasteiger partial charge is 0.225 e. The van der Waals surface area contributed by atoms with Crippen molar-refractivity contribution in [1.82, 2.24) is 15.5 Å². The van der Waals surface area contributed by atoms with Crippen LogP contribution >= 0.6 is 0 Å². The fourth-order valence-corrected chi connectivity index (χ4v) is 1.92. The summed E-state index contributed by atoms with van der Waals surface area (Å²) in [5, 5.41) is 6.78. The van der Waals surface area contributed by atoms with Crippen molar-refractivity contribution in [1.29, 1.82) is 0 Å². The van der Waals surface area contributed by atoms with Gasteiger partial charge in [-0.3, -0.25) is 9.78 Å². The summed E-state index contributed by atoms with van der Waals surface area (Å²) in [6.45, 7) is 5.58. The summed E-state index contributed by atoms with van der Waals surface area (Å²) in [5.41, 5.74) is 2.60. The third-order valence-corrected chi connectivity index (χ3v) is 3.08. The second kappa shape index (κ2) is 5.65. The molecule has 0 bridgehead atoms. The molecular weight excluding hydrogens is 242 g/mol. The number of aromatic nitrogens is 2. The van der Waals surface area contributed by atoms with Gasteiger partial charge in [-0.05, 0) is 32.4 Å². The van der Waals surface area contributed by atoms with E-state index >= 15 is 0 Å². The third-order valence-electron chi connectivity index (χ3n) is 3.08. The Hall–Kier alpha value is -2.17. The maximum atomic E-state index is 12.0. The molecule has 2 aromatic heterocycles. The van der Waals surface area contributed by atoms with Crippen molar-refractivity contribution < 1.29 is 9.32 Å².